The molecule has 2 N–H and O–H groups in total. The van der Waals surface area contributed by atoms with Crippen LogP contribution in [0.1, 0.15) is 5.56 Å². The van der Waals surface area contributed by atoms with Crippen molar-refractivity contribution in [1.82, 2.24) is 0 Å². The fourth-order valence-corrected chi connectivity index (χ4v) is 0.809. The summed E-state index contributed by atoms with van der Waals surface area (Å²) in [7, 11) is 0. The Bertz CT molecular complexity index is 325. The van der Waals surface area contributed by atoms with Crippen molar-refractivity contribution in [3.8, 4) is 0 Å². The molecule has 1 aromatic rings. The third kappa shape index (κ3) is 2.91. The molecule has 0 fully saturated rings. The summed E-state index contributed by atoms with van der Waals surface area (Å²) < 4.78 is 0. The summed E-state index contributed by atoms with van der Waals surface area (Å²) in [4.78, 5) is 0. The fourth-order valence-electron chi connectivity index (χ4n) is 0.809. The van der Waals surface area contributed by atoms with Crippen LogP contribution in [0.2, 0.25) is 0 Å². The molecule has 0 aliphatic carbocycles. The van der Waals surface area contributed by atoms with Crippen LogP contribution in [-0.4, -0.2) is 12.1 Å². The van der Waals surface area contributed by atoms with E-state index in [1.807, 2.05) is 30.3 Å². The maximum atomic E-state index is 5.64. The molecule has 66 valence electrons. The Morgan fingerprint density at radius 3 is 2.62 bits per heavy atom. The van der Waals surface area contributed by atoms with Crippen LogP contribution in [0, 0.1) is 0 Å². The number of nitrogens with zero attached hydrogens (tertiary/aromatic N) is 2. The highest BCUT2D eigenvalue weighted by atomic mass is 15.2. The zero-order valence-corrected chi connectivity index (χ0v) is 7.22. The standard InChI is InChI=1S/C10H11N3/c1-2-8-12-13-10(11)9-6-4-3-5-7-9/h2-8H,1H2,(H2,11,13)/b12-8+. The minimum absolute atomic E-state index is 0.402. The zero-order chi connectivity index (χ0) is 9.52. The van der Waals surface area contributed by atoms with Crippen molar-refractivity contribution in [2.24, 2.45) is 15.9 Å². The van der Waals surface area contributed by atoms with Crippen LogP contribution >= 0.6 is 0 Å². The van der Waals surface area contributed by atoms with E-state index in [2.05, 4.69) is 16.8 Å². The number of hydrogen-bond acceptors (Lipinski definition) is 2. The van der Waals surface area contributed by atoms with E-state index in [1.165, 1.54) is 6.21 Å². The molecule has 0 bridgehead atoms. The molecule has 0 aromatic heterocycles. The highest BCUT2D eigenvalue weighted by Crippen LogP contribution is 1.97. The first-order valence-electron chi connectivity index (χ1n) is 3.87. The van der Waals surface area contributed by atoms with E-state index in [-0.39, 0.29) is 0 Å². The van der Waals surface area contributed by atoms with Crippen LogP contribution in [-0.2, 0) is 0 Å². The Kier molecular flexibility index (Phi) is 3.45. The van der Waals surface area contributed by atoms with Gasteiger partial charge in [-0.3, -0.25) is 0 Å². The van der Waals surface area contributed by atoms with Gasteiger partial charge in [-0.05, 0) is 6.08 Å². The first-order valence-corrected chi connectivity index (χ1v) is 3.87. The molecule has 0 unspecified atom stereocenters. The smallest absolute Gasteiger partial charge is 0.153 e. The van der Waals surface area contributed by atoms with Gasteiger partial charge in [0, 0.05) is 11.8 Å². The molecule has 3 nitrogen and oxygen atoms in total. The van der Waals surface area contributed by atoms with E-state index in [0.29, 0.717) is 5.84 Å². The fraction of sp³-hybridized carbons (Fsp3) is 0. The van der Waals surface area contributed by atoms with E-state index in [1.54, 1.807) is 6.08 Å². The van der Waals surface area contributed by atoms with Crippen LogP contribution in [0.15, 0.2) is 53.2 Å². The molecule has 0 spiro atoms. The van der Waals surface area contributed by atoms with Gasteiger partial charge in [0.15, 0.2) is 5.84 Å². The second-order valence-corrected chi connectivity index (χ2v) is 2.35. The molecule has 0 radical (unpaired) electrons. The third-order valence-electron chi connectivity index (χ3n) is 1.41. The average molecular weight is 173 g/mol. The molecule has 0 aliphatic rings. The van der Waals surface area contributed by atoms with Gasteiger partial charge in [0.2, 0.25) is 0 Å². The largest absolute Gasteiger partial charge is 0.382 e. The molecule has 0 saturated carbocycles. The van der Waals surface area contributed by atoms with Crippen LogP contribution < -0.4 is 5.73 Å². The van der Waals surface area contributed by atoms with Crippen molar-refractivity contribution in [2.45, 2.75) is 0 Å². The van der Waals surface area contributed by atoms with E-state index in [9.17, 15) is 0 Å². The van der Waals surface area contributed by atoms with Gasteiger partial charge in [-0.15, -0.1) is 5.10 Å². The highest BCUT2D eigenvalue weighted by Gasteiger charge is 1.93. The molecule has 3 heteroatoms. The minimum Gasteiger partial charge on any atom is -0.382 e. The van der Waals surface area contributed by atoms with Gasteiger partial charge in [0.25, 0.3) is 0 Å². The first kappa shape index (κ1) is 9.19. The number of allylic oxidation sites excluding steroid dienone is 1. The Hall–Kier alpha value is -1.90. The number of benzene rings is 1. The van der Waals surface area contributed by atoms with Crippen molar-refractivity contribution < 1.29 is 0 Å². The van der Waals surface area contributed by atoms with E-state index < -0.39 is 0 Å². The lowest BCUT2D eigenvalue weighted by atomic mass is 10.2. The Labute approximate surface area is 77.3 Å². The predicted octanol–water partition coefficient (Wildman–Crippen LogP) is 1.56. The van der Waals surface area contributed by atoms with Crippen molar-refractivity contribution in [3.05, 3.63) is 48.6 Å². The summed E-state index contributed by atoms with van der Waals surface area (Å²) >= 11 is 0. The topological polar surface area (TPSA) is 50.7 Å². The lowest BCUT2D eigenvalue weighted by Gasteiger charge is -1.95. The van der Waals surface area contributed by atoms with Gasteiger partial charge in [-0.2, -0.15) is 5.10 Å². The van der Waals surface area contributed by atoms with Crippen LogP contribution in [0.4, 0.5) is 0 Å². The third-order valence-corrected chi connectivity index (χ3v) is 1.41. The Balaban J connectivity index is 2.79. The first-order chi connectivity index (χ1) is 6.34. The molecule has 1 aromatic carbocycles. The molecule has 13 heavy (non-hydrogen) atoms. The summed E-state index contributed by atoms with van der Waals surface area (Å²) in [5, 5.41) is 7.46. The maximum Gasteiger partial charge on any atom is 0.153 e. The Morgan fingerprint density at radius 1 is 1.31 bits per heavy atom. The van der Waals surface area contributed by atoms with E-state index in [4.69, 9.17) is 5.73 Å². The number of rotatable bonds is 3. The quantitative estimate of drug-likeness (QED) is 0.421. The number of hydrogen-bond donors (Lipinski definition) is 1. The monoisotopic (exact) mass is 173 g/mol. The van der Waals surface area contributed by atoms with Crippen LogP contribution in [0.25, 0.3) is 0 Å². The van der Waals surface area contributed by atoms with Crippen molar-refractivity contribution in [2.75, 3.05) is 0 Å². The van der Waals surface area contributed by atoms with Gasteiger partial charge in [0.1, 0.15) is 0 Å². The van der Waals surface area contributed by atoms with E-state index >= 15 is 0 Å². The van der Waals surface area contributed by atoms with Gasteiger partial charge in [0.05, 0.1) is 0 Å². The number of nitrogens with two attached hydrogens (primary N) is 1. The summed E-state index contributed by atoms with van der Waals surface area (Å²) in [6, 6.07) is 9.47. The minimum atomic E-state index is 0.402. The predicted molar refractivity (Wildman–Crippen MR) is 55.9 cm³/mol. The normalized spacial score (nSPS) is 11.8. The molecule has 0 amide bonds. The van der Waals surface area contributed by atoms with E-state index in [0.717, 1.165) is 5.56 Å². The van der Waals surface area contributed by atoms with Gasteiger partial charge < -0.3 is 5.73 Å². The highest BCUT2D eigenvalue weighted by molar-refractivity contribution is 5.97. The zero-order valence-electron chi connectivity index (χ0n) is 7.22. The summed E-state index contributed by atoms with van der Waals surface area (Å²) in [5.41, 5.74) is 6.50. The molecule has 0 atom stereocenters. The molecule has 0 saturated heterocycles. The van der Waals surface area contributed by atoms with Gasteiger partial charge >= 0.3 is 0 Å². The van der Waals surface area contributed by atoms with Crippen molar-refractivity contribution >= 4 is 12.1 Å². The lowest BCUT2D eigenvalue weighted by molar-refractivity contribution is 1.23. The van der Waals surface area contributed by atoms with Crippen molar-refractivity contribution in [1.29, 1.82) is 0 Å². The molecule has 0 aliphatic heterocycles. The van der Waals surface area contributed by atoms with Crippen molar-refractivity contribution in [3.63, 3.8) is 0 Å². The lowest BCUT2D eigenvalue weighted by Crippen LogP contribution is -2.12. The summed E-state index contributed by atoms with van der Waals surface area (Å²) in [6.07, 6.45) is 3.03. The molecule has 1 rings (SSSR count). The van der Waals surface area contributed by atoms with Gasteiger partial charge in [-0.25, -0.2) is 0 Å². The molecular formula is C10H11N3. The molecule has 0 heterocycles. The van der Waals surface area contributed by atoms with Crippen LogP contribution in [0.5, 0.6) is 0 Å². The van der Waals surface area contributed by atoms with Gasteiger partial charge in [-0.1, -0.05) is 36.9 Å². The average Bonchev–Trinajstić information content (AvgIpc) is 2.19. The summed E-state index contributed by atoms with van der Waals surface area (Å²) in [6.45, 7) is 3.47. The Morgan fingerprint density at radius 2 is 2.00 bits per heavy atom. The second kappa shape index (κ2) is 4.87. The summed E-state index contributed by atoms with van der Waals surface area (Å²) in [5.74, 6) is 0.402. The number of amidine groups is 1. The second-order valence-electron chi connectivity index (χ2n) is 2.35. The van der Waals surface area contributed by atoms with Crippen LogP contribution in [0.3, 0.4) is 0 Å². The maximum absolute atomic E-state index is 5.64. The molecular weight excluding hydrogens is 162 g/mol. The SMILES string of the molecule is C=C/C=N/N=C(\N)c1ccccc1.